The van der Waals surface area contributed by atoms with E-state index in [0.29, 0.717) is 0 Å². The quantitative estimate of drug-likeness (QED) is 0.260. The van der Waals surface area contributed by atoms with E-state index < -0.39 is 0 Å². The van der Waals surface area contributed by atoms with E-state index in [9.17, 15) is 0 Å². The van der Waals surface area contributed by atoms with E-state index in [1.54, 1.807) is 0 Å². The summed E-state index contributed by atoms with van der Waals surface area (Å²) in [5.74, 6) is 0. The molecule has 0 radical (unpaired) electrons. The van der Waals surface area contributed by atoms with Crippen LogP contribution in [0.3, 0.4) is 0 Å². The number of hydrogen-bond acceptors (Lipinski definition) is 2. The largest absolute Gasteiger partial charge is 0.295 e. The molecule has 0 aliphatic carbocycles. The van der Waals surface area contributed by atoms with E-state index in [4.69, 9.17) is 0 Å². The molecule has 0 saturated heterocycles. The molecule has 0 bridgehead atoms. The summed E-state index contributed by atoms with van der Waals surface area (Å²) in [5, 5.41) is 0. The van der Waals surface area contributed by atoms with Gasteiger partial charge in [-0.2, -0.15) is 0 Å². The maximum atomic E-state index is 4.55. The van der Waals surface area contributed by atoms with Crippen LogP contribution in [0.4, 0.5) is 0 Å². The molecule has 0 rings (SSSR count). The normalized spacial score (nSPS) is 13.5. The van der Waals surface area contributed by atoms with E-state index in [1.165, 1.54) is 12.3 Å². The molecular formula is C18H38N2P2. The topological polar surface area (TPSA) is 24.7 Å². The van der Waals surface area contributed by atoms with Crippen LogP contribution in [0.5, 0.6) is 0 Å². The molecule has 0 heterocycles. The Hall–Kier alpha value is 0.200. The summed E-state index contributed by atoms with van der Waals surface area (Å²) >= 11 is 0. The van der Waals surface area contributed by atoms with Crippen molar-refractivity contribution in [3.63, 3.8) is 0 Å². The Morgan fingerprint density at radius 1 is 0.591 bits per heavy atom. The van der Waals surface area contributed by atoms with Gasteiger partial charge in [-0.15, -0.1) is 0 Å². The molecule has 0 aliphatic heterocycles. The van der Waals surface area contributed by atoms with E-state index in [2.05, 4.69) is 77.8 Å². The molecule has 130 valence electrons. The molecule has 0 saturated carbocycles. The highest BCUT2D eigenvalue weighted by molar-refractivity contribution is 7.60. The molecule has 0 aromatic heterocycles. The van der Waals surface area contributed by atoms with Gasteiger partial charge in [-0.1, -0.05) is 71.2 Å². The molecule has 2 nitrogen and oxygen atoms in total. The van der Waals surface area contributed by atoms with Crippen molar-refractivity contribution in [3.8, 4) is 0 Å². The number of nitrogens with zero attached hydrogens (tertiary/aromatic N) is 2. The van der Waals surface area contributed by atoms with Crippen molar-refractivity contribution in [1.82, 2.24) is 0 Å². The van der Waals surface area contributed by atoms with Crippen LogP contribution in [0.1, 0.15) is 55.4 Å². The van der Waals surface area contributed by atoms with Crippen molar-refractivity contribution in [1.29, 1.82) is 0 Å². The molecule has 0 atom stereocenters. The number of rotatable bonds is 11. The lowest BCUT2D eigenvalue weighted by Crippen LogP contribution is -2.08. The maximum Gasteiger partial charge on any atom is 0.0581 e. The van der Waals surface area contributed by atoms with Crippen LogP contribution in [0.2, 0.25) is 0 Å². The summed E-state index contributed by atoms with van der Waals surface area (Å²) in [6.45, 7) is 20.4. The Morgan fingerprint density at radius 2 is 0.864 bits per heavy atom. The zero-order valence-corrected chi connectivity index (χ0v) is 17.9. The highest BCUT2D eigenvalue weighted by atomic mass is 31.1. The average Bonchev–Trinajstić information content (AvgIpc) is 2.38. The van der Waals surface area contributed by atoms with Crippen molar-refractivity contribution in [3.05, 3.63) is 0 Å². The molecular weight excluding hydrogens is 306 g/mol. The summed E-state index contributed by atoms with van der Waals surface area (Å²) in [6, 6.07) is 0. The molecule has 22 heavy (non-hydrogen) atoms. The molecule has 4 heteroatoms. The smallest absolute Gasteiger partial charge is 0.0581 e. The highest BCUT2D eigenvalue weighted by Gasteiger charge is 2.15. The third kappa shape index (κ3) is 10.1. The highest BCUT2D eigenvalue weighted by Crippen LogP contribution is 2.45. The van der Waals surface area contributed by atoms with Gasteiger partial charge in [0.05, 0.1) is 13.1 Å². The standard InChI is InChI=1S/C18H38N2P2/c1-15(2)21(16(3)4)13-11-19-9-10-20-12-14-22(17(5)6)18(7)8/h11-12,15-18H,9-10,13-14H2,1-8H3. The first kappa shape index (κ1) is 22.2. The average molecular weight is 344 g/mol. The van der Waals surface area contributed by atoms with Gasteiger partial charge in [0.1, 0.15) is 0 Å². The summed E-state index contributed by atoms with van der Waals surface area (Å²) < 4.78 is 0. The Morgan fingerprint density at radius 3 is 1.09 bits per heavy atom. The molecule has 0 aromatic rings. The molecule has 0 fully saturated rings. The Kier molecular flexibility index (Phi) is 12.7. The number of aliphatic imine (C=N–C) groups is 2. The van der Waals surface area contributed by atoms with Crippen LogP contribution in [-0.4, -0.2) is 60.5 Å². The SMILES string of the molecule is CC(C)P(CC=NCCN=CCP(C(C)C)C(C)C)C(C)C. The van der Waals surface area contributed by atoms with Gasteiger partial charge in [0.2, 0.25) is 0 Å². The van der Waals surface area contributed by atoms with Crippen molar-refractivity contribution in [2.24, 2.45) is 9.98 Å². The predicted molar refractivity (Wildman–Crippen MR) is 111 cm³/mol. The predicted octanol–water partition coefficient (Wildman–Crippen LogP) is 5.73. The van der Waals surface area contributed by atoms with Crippen LogP contribution in [-0.2, 0) is 0 Å². The second kappa shape index (κ2) is 12.6. The second-order valence-corrected chi connectivity index (χ2v) is 13.9. The van der Waals surface area contributed by atoms with Crippen molar-refractivity contribution < 1.29 is 0 Å². The maximum absolute atomic E-state index is 4.55. The first-order valence-electron chi connectivity index (χ1n) is 8.75. The van der Waals surface area contributed by atoms with E-state index in [1.807, 2.05) is 0 Å². The Labute approximate surface area is 142 Å². The molecule has 0 N–H and O–H groups in total. The van der Waals surface area contributed by atoms with Crippen LogP contribution in [0.25, 0.3) is 0 Å². The van der Waals surface area contributed by atoms with Crippen molar-refractivity contribution in [2.45, 2.75) is 78.0 Å². The third-order valence-electron chi connectivity index (χ3n) is 3.85. The summed E-state index contributed by atoms with van der Waals surface area (Å²) in [6.07, 6.45) is 6.63. The second-order valence-electron chi connectivity index (χ2n) is 6.95. The first-order chi connectivity index (χ1) is 10.3. The fourth-order valence-electron chi connectivity index (χ4n) is 2.64. The Bertz CT molecular complexity index is 275. The van der Waals surface area contributed by atoms with Gasteiger partial charge in [-0.05, 0) is 22.6 Å². The van der Waals surface area contributed by atoms with Gasteiger partial charge in [-0.3, -0.25) is 9.98 Å². The van der Waals surface area contributed by atoms with Gasteiger partial charge in [0, 0.05) is 24.8 Å². The zero-order chi connectivity index (χ0) is 17.1. The molecule has 0 spiro atoms. The lowest BCUT2D eigenvalue weighted by Gasteiger charge is -2.24. The first-order valence-corrected chi connectivity index (χ1v) is 12.1. The minimum absolute atomic E-state index is 0.0853. The van der Waals surface area contributed by atoms with Crippen LogP contribution in [0.15, 0.2) is 9.98 Å². The van der Waals surface area contributed by atoms with Gasteiger partial charge >= 0.3 is 0 Å². The summed E-state index contributed by atoms with van der Waals surface area (Å²) in [7, 11) is 0.171. The monoisotopic (exact) mass is 344 g/mol. The minimum atomic E-state index is 0.0853. The van der Waals surface area contributed by atoms with Crippen LogP contribution < -0.4 is 0 Å². The van der Waals surface area contributed by atoms with Crippen molar-refractivity contribution in [2.75, 3.05) is 25.4 Å². The molecule has 0 amide bonds. The summed E-state index contributed by atoms with van der Waals surface area (Å²) in [4.78, 5) is 9.09. The van der Waals surface area contributed by atoms with Crippen LogP contribution >= 0.6 is 15.8 Å². The zero-order valence-electron chi connectivity index (χ0n) is 16.1. The van der Waals surface area contributed by atoms with E-state index in [0.717, 1.165) is 35.7 Å². The minimum Gasteiger partial charge on any atom is -0.295 e. The van der Waals surface area contributed by atoms with Gasteiger partial charge in [0.25, 0.3) is 0 Å². The molecule has 0 aliphatic rings. The fraction of sp³-hybridized carbons (Fsp3) is 0.889. The molecule has 0 aromatic carbocycles. The van der Waals surface area contributed by atoms with Gasteiger partial charge < -0.3 is 0 Å². The Balaban J connectivity index is 3.97. The van der Waals surface area contributed by atoms with E-state index in [-0.39, 0.29) is 15.8 Å². The lowest BCUT2D eigenvalue weighted by molar-refractivity contribution is 0.978. The van der Waals surface area contributed by atoms with Crippen molar-refractivity contribution >= 4 is 28.3 Å². The lowest BCUT2D eigenvalue weighted by atomic mass is 10.5. The molecule has 0 unspecified atom stereocenters. The summed E-state index contributed by atoms with van der Waals surface area (Å²) in [5.41, 5.74) is 3.19. The third-order valence-corrected chi connectivity index (χ3v) is 10.3. The number of hydrogen-bond donors (Lipinski definition) is 0. The van der Waals surface area contributed by atoms with Crippen LogP contribution in [0, 0.1) is 0 Å². The van der Waals surface area contributed by atoms with Gasteiger partial charge in [0.15, 0.2) is 0 Å². The van der Waals surface area contributed by atoms with Gasteiger partial charge in [-0.25, -0.2) is 0 Å². The van der Waals surface area contributed by atoms with E-state index >= 15 is 0 Å². The fourth-order valence-corrected chi connectivity index (χ4v) is 7.32.